The first kappa shape index (κ1) is 13.6. The third kappa shape index (κ3) is 4.10. The average Bonchev–Trinajstić information content (AvgIpc) is 2.83. The van der Waals surface area contributed by atoms with Gasteiger partial charge in [-0.25, -0.2) is 0 Å². The number of hydrogen-bond donors (Lipinski definition) is 2. The molecule has 0 atom stereocenters. The molecule has 1 aromatic heterocycles. The molecule has 0 unspecified atom stereocenters. The number of hydrogen-bond acceptors (Lipinski definition) is 3. The van der Waals surface area contributed by atoms with Crippen molar-refractivity contribution < 1.29 is 9.90 Å². The third-order valence-corrected chi connectivity index (χ3v) is 3.93. The molecule has 0 aliphatic carbocycles. The highest BCUT2D eigenvalue weighted by atomic mass is 32.1. The van der Waals surface area contributed by atoms with Crippen LogP contribution in [0.2, 0.25) is 0 Å². The molecule has 3 nitrogen and oxygen atoms in total. The fourth-order valence-corrected chi connectivity index (χ4v) is 2.80. The van der Waals surface area contributed by atoms with E-state index >= 15 is 0 Å². The van der Waals surface area contributed by atoms with Crippen LogP contribution in [-0.2, 0) is 24.2 Å². The van der Waals surface area contributed by atoms with E-state index in [-0.39, 0.29) is 6.42 Å². The van der Waals surface area contributed by atoms with Crippen molar-refractivity contribution in [3.8, 4) is 0 Å². The Labute approximate surface area is 116 Å². The Hall–Kier alpha value is -1.81. The summed E-state index contributed by atoms with van der Waals surface area (Å²) in [6, 6.07) is 12.2. The van der Waals surface area contributed by atoms with Gasteiger partial charge in [0, 0.05) is 22.0 Å². The second-order valence-corrected chi connectivity index (χ2v) is 5.60. The van der Waals surface area contributed by atoms with Crippen LogP contribution >= 0.6 is 11.3 Å². The summed E-state index contributed by atoms with van der Waals surface area (Å²) in [5.74, 6) is -0.781. The molecule has 0 amide bonds. The molecule has 2 N–H and O–H groups in total. The fraction of sp³-hybridized carbons (Fsp3) is 0.267. The standard InChI is InChI=1S/C15H17NO2S/c1-2-11-4-3-5-12(8-11)16-10-14-7-6-13(19-14)9-15(17)18/h3-8,16H,2,9-10H2,1H3,(H,17,18). The molecule has 100 valence electrons. The van der Waals surface area contributed by atoms with Crippen LogP contribution in [0.5, 0.6) is 0 Å². The second kappa shape index (κ2) is 6.38. The van der Waals surface area contributed by atoms with E-state index in [1.54, 1.807) is 11.3 Å². The first-order valence-corrected chi connectivity index (χ1v) is 7.11. The topological polar surface area (TPSA) is 49.3 Å². The van der Waals surface area contributed by atoms with E-state index in [0.29, 0.717) is 0 Å². The quantitative estimate of drug-likeness (QED) is 0.847. The molecule has 2 rings (SSSR count). The summed E-state index contributed by atoms with van der Waals surface area (Å²) in [6.07, 6.45) is 1.13. The van der Waals surface area contributed by atoms with E-state index < -0.39 is 5.97 Å². The summed E-state index contributed by atoms with van der Waals surface area (Å²) >= 11 is 1.55. The molecule has 1 heterocycles. The van der Waals surface area contributed by atoms with Crippen molar-refractivity contribution in [3.05, 3.63) is 51.7 Å². The number of carboxylic acid groups (broad SMARTS) is 1. The zero-order chi connectivity index (χ0) is 13.7. The lowest BCUT2D eigenvalue weighted by atomic mass is 10.1. The van der Waals surface area contributed by atoms with Gasteiger partial charge in [-0.05, 0) is 36.2 Å². The number of aryl methyl sites for hydroxylation is 1. The number of carbonyl (C=O) groups is 1. The van der Waals surface area contributed by atoms with Crippen LogP contribution in [0.1, 0.15) is 22.2 Å². The maximum absolute atomic E-state index is 10.6. The highest BCUT2D eigenvalue weighted by Crippen LogP contribution is 2.19. The number of aliphatic carboxylic acids is 1. The van der Waals surface area contributed by atoms with Gasteiger partial charge in [0.2, 0.25) is 0 Å². The smallest absolute Gasteiger partial charge is 0.308 e. The zero-order valence-corrected chi connectivity index (χ0v) is 11.7. The number of nitrogens with one attached hydrogen (secondary N) is 1. The van der Waals surface area contributed by atoms with Crippen molar-refractivity contribution in [2.75, 3.05) is 5.32 Å². The molecule has 0 bridgehead atoms. The summed E-state index contributed by atoms with van der Waals surface area (Å²) in [5, 5.41) is 12.1. The summed E-state index contributed by atoms with van der Waals surface area (Å²) in [4.78, 5) is 12.7. The molecule has 0 saturated carbocycles. The molecule has 0 spiro atoms. The van der Waals surface area contributed by atoms with Crippen LogP contribution in [0.4, 0.5) is 5.69 Å². The van der Waals surface area contributed by atoms with Gasteiger partial charge in [0.05, 0.1) is 6.42 Å². The Balaban J connectivity index is 1.94. The summed E-state index contributed by atoms with van der Waals surface area (Å²) in [5.41, 5.74) is 2.41. The molecule has 0 fully saturated rings. The first-order chi connectivity index (χ1) is 9.17. The third-order valence-electron chi connectivity index (χ3n) is 2.84. The lowest BCUT2D eigenvalue weighted by molar-refractivity contribution is -0.136. The largest absolute Gasteiger partial charge is 0.481 e. The van der Waals surface area contributed by atoms with E-state index in [2.05, 4.69) is 24.4 Å². The second-order valence-electron chi connectivity index (χ2n) is 4.35. The van der Waals surface area contributed by atoms with E-state index in [1.165, 1.54) is 5.56 Å². The Kier molecular flexibility index (Phi) is 4.58. The van der Waals surface area contributed by atoms with Gasteiger partial charge in [0.1, 0.15) is 0 Å². The highest BCUT2D eigenvalue weighted by molar-refractivity contribution is 7.12. The van der Waals surface area contributed by atoms with E-state index in [9.17, 15) is 4.79 Å². The van der Waals surface area contributed by atoms with Gasteiger partial charge >= 0.3 is 5.97 Å². The monoisotopic (exact) mass is 275 g/mol. The van der Waals surface area contributed by atoms with Crippen LogP contribution in [0.15, 0.2) is 36.4 Å². The molecule has 2 aromatic rings. The maximum Gasteiger partial charge on any atom is 0.308 e. The van der Waals surface area contributed by atoms with Crippen molar-refractivity contribution in [2.24, 2.45) is 0 Å². The lowest BCUT2D eigenvalue weighted by Crippen LogP contribution is -1.98. The predicted octanol–water partition coefficient (Wildman–Crippen LogP) is 3.55. The molecule has 4 heteroatoms. The molecular weight excluding hydrogens is 258 g/mol. The van der Waals surface area contributed by atoms with Gasteiger partial charge in [-0.1, -0.05) is 19.1 Å². The highest BCUT2D eigenvalue weighted by Gasteiger charge is 2.04. The Bertz CT molecular complexity index is 563. The summed E-state index contributed by atoms with van der Waals surface area (Å²) in [7, 11) is 0. The number of carboxylic acids is 1. The lowest BCUT2D eigenvalue weighted by Gasteiger charge is -2.06. The Morgan fingerprint density at radius 1 is 1.26 bits per heavy atom. The van der Waals surface area contributed by atoms with Crippen LogP contribution in [-0.4, -0.2) is 11.1 Å². The minimum atomic E-state index is -0.781. The van der Waals surface area contributed by atoms with Crippen LogP contribution in [0, 0.1) is 0 Å². The minimum Gasteiger partial charge on any atom is -0.481 e. The predicted molar refractivity (Wildman–Crippen MR) is 78.8 cm³/mol. The molecule has 0 aliphatic rings. The Morgan fingerprint density at radius 3 is 2.79 bits per heavy atom. The average molecular weight is 275 g/mol. The van der Waals surface area contributed by atoms with Gasteiger partial charge in [-0.15, -0.1) is 11.3 Å². The van der Waals surface area contributed by atoms with E-state index in [4.69, 9.17) is 5.11 Å². The number of rotatable bonds is 6. The van der Waals surface area contributed by atoms with Crippen molar-refractivity contribution >= 4 is 23.0 Å². The molecule has 0 radical (unpaired) electrons. The van der Waals surface area contributed by atoms with Crippen molar-refractivity contribution in [2.45, 2.75) is 26.3 Å². The Morgan fingerprint density at radius 2 is 2.05 bits per heavy atom. The van der Waals surface area contributed by atoms with Crippen molar-refractivity contribution in [1.29, 1.82) is 0 Å². The minimum absolute atomic E-state index is 0.107. The van der Waals surface area contributed by atoms with Gasteiger partial charge in [0.15, 0.2) is 0 Å². The molecule has 19 heavy (non-hydrogen) atoms. The van der Waals surface area contributed by atoms with Crippen LogP contribution < -0.4 is 5.32 Å². The molecular formula is C15H17NO2S. The maximum atomic E-state index is 10.6. The van der Waals surface area contributed by atoms with Crippen LogP contribution in [0.3, 0.4) is 0 Å². The SMILES string of the molecule is CCc1cccc(NCc2ccc(CC(=O)O)s2)c1. The molecule has 0 saturated heterocycles. The number of benzene rings is 1. The normalized spacial score (nSPS) is 10.4. The first-order valence-electron chi connectivity index (χ1n) is 6.29. The van der Waals surface area contributed by atoms with Gasteiger partial charge in [0.25, 0.3) is 0 Å². The number of thiophene rings is 1. The van der Waals surface area contributed by atoms with Gasteiger partial charge in [-0.2, -0.15) is 0 Å². The fourth-order valence-electron chi connectivity index (χ4n) is 1.85. The molecule has 1 aromatic carbocycles. The van der Waals surface area contributed by atoms with Gasteiger partial charge in [-0.3, -0.25) is 4.79 Å². The van der Waals surface area contributed by atoms with Crippen molar-refractivity contribution in [1.82, 2.24) is 0 Å². The van der Waals surface area contributed by atoms with E-state index in [0.717, 1.165) is 28.4 Å². The van der Waals surface area contributed by atoms with Crippen LogP contribution in [0.25, 0.3) is 0 Å². The summed E-state index contributed by atoms with van der Waals surface area (Å²) < 4.78 is 0. The number of anilines is 1. The molecule has 0 aliphatic heterocycles. The van der Waals surface area contributed by atoms with Gasteiger partial charge < -0.3 is 10.4 Å². The van der Waals surface area contributed by atoms with Crippen molar-refractivity contribution in [3.63, 3.8) is 0 Å². The van der Waals surface area contributed by atoms with E-state index in [1.807, 2.05) is 24.3 Å². The zero-order valence-electron chi connectivity index (χ0n) is 10.8. The summed E-state index contributed by atoms with van der Waals surface area (Å²) in [6.45, 7) is 2.87.